The van der Waals surface area contributed by atoms with E-state index in [-0.39, 0.29) is 4.90 Å². The highest BCUT2D eigenvalue weighted by Gasteiger charge is 2.23. The van der Waals surface area contributed by atoms with Crippen LogP contribution in [0.3, 0.4) is 0 Å². The SMILES string of the molecule is Cc1cc(C)cc(C(=O)n2ccn(S(=O)(=O)c3ccc(Cl)cc3)c2=O)c1. The molecule has 0 amide bonds. The fourth-order valence-corrected chi connectivity index (χ4v) is 4.00. The third-order valence-corrected chi connectivity index (χ3v) is 5.72. The predicted molar refractivity (Wildman–Crippen MR) is 98.4 cm³/mol. The number of aromatic nitrogens is 2. The first-order chi connectivity index (χ1) is 12.2. The molecule has 0 aliphatic carbocycles. The molecule has 0 radical (unpaired) electrons. The van der Waals surface area contributed by atoms with Gasteiger partial charge in [0.1, 0.15) is 0 Å². The maximum atomic E-state index is 12.6. The summed E-state index contributed by atoms with van der Waals surface area (Å²) in [5.74, 6) is -0.591. The smallest absolute Gasteiger partial charge is 0.268 e. The van der Waals surface area contributed by atoms with E-state index in [9.17, 15) is 18.0 Å². The molecule has 0 aliphatic rings. The summed E-state index contributed by atoms with van der Waals surface area (Å²) in [5, 5.41) is 0.374. The van der Waals surface area contributed by atoms with Crippen LogP contribution in [0.1, 0.15) is 21.5 Å². The van der Waals surface area contributed by atoms with Crippen molar-refractivity contribution in [2.45, 2.75) is 18.7 Å². The Labute approximate surface area is 155 Å². The Morgan fingerprint density at radius 2 is 1.54 bits per heavy atom. The van der Waals surface area contributed by atoms with Crippen LogP contribution in [-0.4, -0.2) is 22.9 Å². The van der Waals surface area contributed by atoms with Crippen molar-refractivity contribution < 1.29 is 13.2 Å². The van der Waals surface area contributed by atoms with Crippen LogP contribution in [0.15, 0.2) is 64.5 Å². The molecular formula is C18H15ClN2O4S. The molecule has 3 rings (SSSR count). The zero-order valence-electron chi connectivity index (χ0n) is 14.0. The van der Waals surface area contributed by atoms with Crippen molar-refractivity contribution in [1.29, 1.82) is 0 Å². The number of carbonyl (C=O) groups is 1. The van der Waals surface area contributed by atoms with Crippen molar-refractivity contribution in [1.82, 2.24) is 8.54 Å². The van der Waals surface area contributed by atoms with E-state index in [0.29, 0.717) is 14.6 Å². The average Bonchev–Trinajstić information content (AvgIpc) is 2.96. The third kappa shape index (κ3) is 3.23. The Kier molecular flexibility index (Phi) is 4.60. The molecule has 0 N–H and O–H groups in total. The molecule has 0 unspecified atom stereocenters. The number of carbonyl (C=O) groups excluding carboxylic acids is 1. The van der Waals surface area contributed by atoms with Gasteiger partial charge in [0.2, 0.25) is 0 Å². The van der Waals surface area contributed by atoms with Gasteiger partial charge in [0, 0.05) is 23.0 Å². The van der Waals surface area contributed by atoms with Crippen LogP contribution in [0, 0.1) is 13.8 Å². The lowest BCUT2D eigenvalue weighted by molar-refractivity contribution is 0.0956. The number of nitrogens with zero attached hydrogens (tertiary/aromatic N) is 2. The number of hydrogen-bond acceptors (Lipinski definition) is 4. The number of imidazole rings is 1. The highest BCUT2D eigenvalue weighted by Crippen LogP contribution is 2.16. The predicted octanol–water partition coefficient (Wildman–Crippen LogP) is 2.85. The Morgan fingerprint density at radius 3 is 2.12 bits per heavy atom. The third-order valence-electron chi connectivity index (χ3n) is 3.80. The summed E-state index contributed by atoms with van der Waals surface area (Å²) >= 11 is 5.77. The van der Waals surface area contributed by atoms with E-state index in [4.69, 9.17) is 11.6 Å². The Morgan fingerprint density at radius 1 is 0.962 bits per heavy atom. The summed E-state index contributed by atoms with van der Waals surface area (Å²) < 4.78 is 26.6. The van der Waals surface area contributed by atoms with Crippen molar-refractivity contribution in [3.63, 3.8) is 0 Å². The second-order valence-corrected chi connectivity index (χ2v) is 8.14. The van der Waals surface area contributed by atoms with Gasteiger partial charge in [-0.1, -0.05) is 28.8 Å². The van der Waals surface area contributed by atoms with Crippen LogP contribution in [0.5, 0.6) is 0 Å². The van der Waals surface area contributed by atoms with E-state index in [2.05, 4.69) is 0 Å². The van der Waals surface area contributed by atoms with Crippen molar-refractivity contribution in [3.8, 4) is 0 Å². The van der Waals surface area contributed by atoms with Crippen LogP contribution in [0.25, 0.3) is 0 Å². The maximum Gasteiger partial charge on any atom is 0.349 e. The molecule has 1 heterocycles. The number of halogens is 1. The number of hydrogen-bond donors (Lipinski definition) is 0. The second-order valence-electron chi connectivity index (χ2n) is 5.89. The van der Waals surface area contributed by atoms with Crippen molar-refractivity contribution in [3.05, 3.63) is 87.1 Å². The summed E-state index contributed by atoms with van der Waals surface area (Å²) in [5.41, 5.74) is 1.10. The van der Waals surface area contributed by atoms with Gasteiger partial charge in [-0.3, -0.25) is 4.79 Å². The summed E-state index contributed by atoms with van der Waals surface area (Å²) in [6.07, 6.45) is 2.21. The zero-order chi connectivity index (χ0) is 19.1. The molecule has 3 aromatic rings. The molecule has 0 fully saturated rings. The lowest BCUT2D eigenvalue weighted by Crippen LogP contribution is -2.32. The van der Waals surface area contributed by atoms with Crippen LogP contribution < -0.4 is 5.69 Å². The van der Waals surface area contributed by atoms with Crippen LogP contribution in [0.2, 0.25) is 5.02 Å². The van der Waals surface area contributed by atoms with E-state index in [0.717, 1.165) is 28.1 Å². The topological polar surface area (TPSA) is 78.1 Å². The highest BCUT2D eigenvalue weighted by molar-refractivity contribution is 7.90. The van der Waals surface area contributed by atoms with E-state index in [1.165, 1.54) is 24.3 Å². The van der Waals surface area contributed by atoms with Crippen molar-refractivity contribution in [2.24, 2.45) is 0 Å². The largest absolute Gasteiger partial charge is 0.349 e. The van der Waals surface area contributed by atoms with Gasteiger partial charge >= 0.3 is 5.69 Å². The van der Waals surface area contributed by atoms with Crippen LogP contribution in [-0.2, 0) is 10.0 Å². The molecule has 1 aromatic heterocycles. The quantitative estimate of drug-likeness (QED) is 0.688. The van der Waals surface area contributed by atoms with Gasteiger partial charge in [-0.15, -0.1) is 0 Å². The average molecular weight is 391 g/mol. The van der Waals surface area contributed by atoms with E-state index in [1.807, 2.05) is 19.9 Å². The molecule has 26 heavy (non-hydrogen) atoms. The first-order valence-corrected chi connectivity index (χ1v) is 9.46. The summed E-state index contributed by atoms with van der Waals surface area (Å²) in [4.78, 5) is 25.1. The monoisotopic (exact) mass is 390 g/mol. The van der Waals surface area contributed by atoms with Gasteiger partial charge in [-0.2, -0.15) is 3.97 Å². The maximum absolute atomic E-state index is 12.6. The van der Waals surface area contributed by atoms with Gasteiger partial charge in [0.05, 0.1) is 4.90 Å². The van der Waals surface area contributed by atoms with E-state index in [1.54, 1.807) is 12.1 Å². The highest BCUT2D eigenvalue weighted by atomic mass is 35.5. The molecule has 134 valence electrons. The Hall–Kier alpha value is -2.64. The van der Waals surface area contributed by atoms with Crippen LogP contribution in [0.4, 0.5) is 0 Å². The standard InChI is InChI=1S/C18H15ClN2O4S/c1-12-9-13(2)11-14(10-12)17(22)20-7-8-21(18(20)23)26(24,25)16-5-3-15(19)4-6-16/h3-11H,1-2H3. The molecule has 0 saturated heterocycles. The van der Waals surface area contributed by atoms with Gasteiger partial charge in [0.15, 0.2) is 0 Å². The number of aryl methyl sites for hydroxylation is 2. The van der Waals surface area contributed by atoms with Gasteiger partial charge in [-0.05, 0) is 50.2 Å². The molecule has 0 saturated carbocycles. The molecule has 6 nitrogen and oxygen atoms in total. The molecule has 0 aliphatic heterocycles. The van der Waals surface area contributed by atoms with Crippen molar-refractivity contribution in [2.75, 3.05) is 0 Å². The summed E-state index contributed by atoms with van der Waals surface area (Å²) in [6.45, 7) is 3.67. The summed E-state index contributed by atoms with van der Waals surface area (Å²) in [6, 6.07) is 10.6. The normalized spacial score (nSPS) is 11.5. The minimum Gasteiger partial charge on any atom is -0.268 e. The molecule has 0 spiro atoms. The second kappa shape index (κ2) is 6.59. The molecule has 2 aromatic carbocycles. The lowest BCUT2D eigenvalue weighted by atomic mass is 10.1. The fraction of sp³-hybridized carbons (Fsp3) is 0.111. The van der Waals surface area contributed by atoms with Crippen LogP contribution >= 0.6 is 11.6 Å². The molecule has 0 bridgehead atoms. The summed E-state index contributed by atoms with van der Waals surface area (Å²) in [7, 11) is -4.13. The molecular weight excluding hydrogens is 376 g/mol. The minimum absolute atomic E-state index is 0.0967. The lowest BCUT2D eigenvalue weighted by Gasteiger charge is -2.06. The number of benzene rings is 2. The Bertz CT molecular complexity index is 1140. The Balaban J connectivity index is 2.06. The molecule has 0 atom stereocenters. The van der Waals surface area contributed by atoms with Gasteiger partial charge in [0.25, 0.3) is 15.9 Å². The zero-order valence-corrected chi connectivity index (χ0v) is 15.6. The first-order valence-electron chi connectivity index (χ1n) is 7.64. The van der Waals surface area contributed by atoms with E-state index < -0.39 is 21.6 Å². The molecule has 8 heteroatoms. The van der Waals surface area contributed by atoms with Gasteiger partial charge in [-0.25, -0.2) is 17.8 Å². The van der Waals surface area contributed by atoms with E-state index >= 15 is 0 Å². The minimum atomic E-state index is -4.13. The van der Waals surface area contributed by atoms with Crippen molar-refractivity contribution >= 4 is 27.5 Å². The first kappa shape index (κ1) is 18.2. The van der Waals surface area contributed by atoms with Gasteiger partial charge < -0.3 is 0 Å². The number of rotatable bonds is 3. The fourth-order valence-electron chi connectivity index (χ4n) is 2.66.